The topological polar surface area (TPSA) is 38.3 Å². The van der Waals surface area contributed by atoms with E-state index < -0.39 is 66.2 Å². The van der Waals surface area contributed by atoms with Crippen molar-refractivity contribution in [3.8, 4) is 0 Å². The van der Waals surface area contributed by atoms with Gasteiger partial charge < -0.3 is 10.1 Å². The van der Waals surface area contributed by atoms with E-state index in [0.717, 1.165) is 5.32 Å². The van der Waals surface area contributed by atoms with Gasteiger partial charge in [-0.05, 0) is 12.8 Å². The van der Waals surface area contributed by atoms with Crippen LogP contribution in [0.4, 0.5) is 74.6 Å². The summed E-state index contributed by atoms with van der Waals surface area (Å²) in [7, 11) is 0. The maximum absolute atomic E-state index is 13.6. The molecule has 1 aliphatic rings. The highest BCUT2D eigenvalue weighted by atomic mass is 19.4. The molecule has 0 spiro atoms. The average Bonchev–Trinajstić information content (AvgIpc) is 3.17. The van der Waals surface area contributed by atoms with Crippen molar-refractivity contribution in [3.05, 3.63) is 0 Å². The summed E-state index contributed by atoms with van der Waals surface area (Å²) in [5, 5.41) is 0.831. The number of ether oxygens (including phenoxy) is 1. The second-order valence-electron chi connectivity index (χ2n) is 6.86. The summed E-state index contributed by atoms with van der Waals surface area (Å²) in [6.45, 7) is -1.16. The average molecular weight is 547 g/mol. The molecule has 1 saturated heterocycles. The summed E-state index contributed by atoms with van der Waals surface area (Å²) < 4.78 is 227. The number of carbonyl (C=O) groups is 1. The van der Waals surface area contributed by atoms with Gasteiger partial charge in [-0.1, -0.05) is 0 Å². The maximum Gasteiger partial charge on any atom is 0.460 e. The van der Waals surface area contributed by atoms with E-state index in [1.54, 1.807) is 0 Å². The van der Waals surface area contributed by atoms with Crippen LogP contribution in [0.2, 0.25) is 0 Å². The predicted octanol–water partition coefficient (Wildman–Crippen LogP) is 5.29. The maximum atomic E-state index is 13.6. The summed E-state index contributed by atoms with van der Waals surface area (Å²) in [4.78, 5) is 11.2. The molecule has 1 fully saturated rings. The van der Waals surface area contributed by atoms with Crippen LogP contribution in [0.3, 0.4) is 0 Å². The molecule has 1 rings (SSSR count). The van der Waals surface area contributed by atoms with Crippen LogP contribution < -0.4 is 5.32 Å². The highest BCUT2D eigenvalue weighted by Gasteiger charge is 2.95. The first-order chi connectivity index (χ1) is 14.7. The Balaban J connectivity index is 3.42. The lowest BCUT2D eigenvalue weighted by molar-refractivity contribution is -0.459. The molecule has 0 radical (unpaired) electrons. The van der Waals surface area contributed by atoms with Gasteiger partial charge >= 0.3 is 47.6 Å². The van der Waals surface area contributed by atoms with Gasteiger partial charge in [-0.2, -0.15) is 74.6 Å². The molecule has 0 bridgehead atoms. The van der Waals surface area contributed by atoms with Gasteiger partial charge in [0.1, 0.15) is 0 Å². The Labute approximate surface area is 176 Å². The van der Waals surface area contributed by atoms with Crippen molar-refractivity contribution >= 4 is 5.91 Å². The Hall–Kier alpha value is -1.76. The molecule has 0 aromatic carbocycles. The van der Waals surface area contributed by atoms with Crippen molar-refractivity contribution < 1.29 is 84.2 Å². The SMILES string of the molecule is O=C(NCC1CCCO1)C(F)(F)C(F)(F)C(F)(F)C(F)(F)C(F)(F)C(F)(F)C(F)(F)C(F)(F)F. The smallest absolute Gasteiger partial charge is 0.376 e. The molecule has 1 aliphatic heterocycles. The Morgan fingerprint density at radius 1 is 0.647 bits per heavy atom. The van der Waals surface area contributed by atoms with Gasteiger partial charge in [0, 0.05) is 13.2 Å². The minimum Gasteiger partial charge on any atom is -0.376 e. The van der Waals surface area contributed by atoms with E-state index in [4.69, 9.17) is 4.74 Å². The van der Waals surface area contributed by atoms with Gasteiger partial charge in [-0.25, -0.2) is 0 Å². The summed E-state index contributed by atoms with van der Waals surface area (Å²) in [5.41, 5.74) is 0. The molecule has 0 aliphatic carbocycles. The molecule has 20 heteroatoms. The fraction of sp³-hybridized carbons (Fsp3) is 0.929. The molecule has 1 atom stereocenters. The number of carbonyl (C=O) groups excluding carboxylic acids is 1. The number of halogens is 17. The lowest BCUT2D eigenvalue weighted by atomic mass is 9.89. The zero-order valence-corrected chi connectivity index (χ0v) is 15.6. The molecule has 34 heavy (non-hydrogen) atoms. The number of rotatable bonds is 9. The third-order valence-corrected chi connectivity index (χ3v) is 4.52. The van der Waals surface area contributed by atoms with E-state index in [2.05, 4.69) is 0 Å². The lowest BCUT2D eigenvalue weighted by Crippen LogP contribution is -2.75. The van der Waals surface area contributed by atoms with Crippen LogP contribution in [0.25, 0.3) is 0 Å². The minimum absolute atomic E-state index is 0.00873. The fourth-order valence-electron chi connectivity index (χ4n) is 2.43. The molecule has 0 aromatic rings. The second kappa shape index (κ2) is 8.42. The van der Waals surface area contributed by atoms with Gasteiger partial charge in [0.2, 0.25) is 0 Å². The lowest BCUT2D eigenvalue weighted by Gasteiger charge is -2.42. The second-order valence-corrected chi connectivity index (χ2v) is 6.86. The zero-order chi connectivity index (χ0) is 27.4. The molecular formula is C14H10F17NO2. The van der Waals surface area contributed by atoms with Crippen LogP contribution in [0.1, 0.15) is 12.8 Å². The molecule has 1 N–H and O–H groups in total. The standard InChI is InChI=1S/C14H10F17NO2/c15-7(16,6(33)32-4-5-2-1-3-34-5)8(17,18)9(19,20)10(21,22)11(23,24)12(25,26)13(27,28)14(29,30)31/h5H,1-4H2,(H,32,33). The van der Waals surface area contributed by atoms with Crippen LogP contribution in [-0.4, -0.2) is 72.8 Å². The van der Waals surface area contributed by atoms with Gasteiger partial charge in [0.15, 0.2) is 0 Å². The third kappa shape index (κ3) is 4.12. The van der Waals surface area contributed by atoms with E-state index in [-0.39, 0.29) is 19.4 Å². The van der Waals surface area contributed by atoms with E-state index in [1.807, 2.05) is 0 Å². The van der Waals surface area contributed by atoms with Gasteiger partial charge in [-0.3, -0.25) is 4.79 Å². The third-order valence-electron chi connectivity index (χ3n) is 4.52. The Morgan fingerprint density at radius 2 is 1.03 bits per heavy atom. The van der Waals surface area contributed by atoms with Gasteiger partial charge in [0.25, 0.3) is 5.91 Å². The van der Waals surface area contributed by atoms with Crippen molar-refractivity contribution in [1.29, 1.82) is 0 Å². The van der Waals surface area contributed by atoms with Crippen molar-refractivity contribution in [2.24, 2.45) is 0 Å². The van der Waals surface area contributed by atoms with Gasteiger partial charge in [0.05, 0.1) is 6.10 Å². The van der Waals surface area contributed by atoms with E-state index in [9.17, 15) is 79.4 Å². The number of hydrogen-bond donors (Lipinski definition) is 1. The Morgan fingerprint density at radius 3 is 1.38 bits per heavy atom. The highest BCUT2D eigenvalue weighted by molar-refractivity contribution is 5.84. The molecule has 1 unspecified atom stereocenters. The Bertz CT molecular complexity index is 754. The summed E-state index contributed by atoms with van der Waals surface area (Å²) in [5.74, 6) is -61.4. The first-order valence-corrected chi connectivity index (χ1v) is 8.36. The Kier molecular flexibility index (Phi) is 7.50. The molecule has 0 saturated carbocycles. The number of nitrogens with one attached hydrogen (secondary N) is 1. The van der Waals surface area contributed by atoms with Crippen LogP contribution in [0.15, 0.2) is 0 Å². The summed E-state index contributed by atoms with van der Waals surface area (Å²) in [6.07, 6.45) is -8.75. The first-order valence-electron chi connectivity index (χ1n) is 8.36. The van der Waals surface area contributed by atoms with E-state index in [1.165, 1.54) is 0 Å². The van der Waals surface area contributed by atoms with Crippen LogP contribution in [0, 0.1) is 0 Å². The van der Waals surface area contributed by atoms with Crippen LogP contribution >= 0.6 is 0 Å². The van der Waals surface area contributed by atoms with E-state index in [0.29, 0.717) is 0 Å². The van der Waals surface area contributed by atoms with Gasteiger partial charge in [-0.15, -0.1) is 0 Å². The van der Waals surface area contributed by atoms with E-state index >= 15 is 0 Å². The quantitative estimate of drug-likeness (QED) is 0.399. The predicted molar refractivity (Wildman–Crippen MR) is 72.7 cm³/mol. The van der Waals surface area contributed by atoms with Crippen molar-refractivity contribution in [3.63, 3.8) is 0 Å². The normalized spacial score (nSPS) is 20.0. The molecule has 0 aromatic heterocycles. The first kappa shape index (κ1) is 30.3. The fourth-order valence-corrected chi connectivity index (χ4v) is 2.43. The van der Waals surface area contributed by atoms with Crippen molar-refractivity contribution in [2.45, 2.75) is 66.6 Å². The molecule has 3 nitrogen and oxygen atoms in total. The van der Waals surface area contributed by atoms with Crippen molar-refractivity contribution in [1.82, 2.24) is 5.32 Å². The van der Waals surface area contributed by atoms with Crippen molar-refractivity contribution in [2.75, 3.05) is 13.2 Å². The monoisotopic (exact) mass is 547 g/mol. The zero-order valence-electron chi connectivity index (χ0n) is 15.6. The summed E-state index contributed by atoms with van der Waals surface area (Å²) >= 11 is 0. The molecule has 202 valence electrons. The number of alkyl halides is 17. The number of hydrogen-bond acceptors (Lipinski definition) is 2. The minimum atomic E-state index is -8.73. The molecular weight excluding hydrogens is 537 g/mol. The van der Waals surface area contributed by atoms with Crippen LogP contribution in [-0.2, 0) is 9.53 Å². The highest BCUT2D eigenvalue weighted by Crippen LogP contribution is 2.63. The van der Waals surface area contributed by atoms with Crippen LogP contribution in [0.5, 0.6) is 0 Å². The largest absolute Gasteiger partial charge is 0.460 e. The number of amides is 1. The summed E-state index contributed by atoms with van der Waals surface area (Å²) in [6, 6.07) is 0. The molecule has 1 amide bonds. The molecule has 1 heterocycles.